The van der Waals surface area contributed by atoms with Crippen molar-refractivity contribution in [2.75, 3.05) is 0 Å². The van der Waals surface area contributed by atoms with E-state index in [1.165, 1.54) is 4.88 Å². The summed E-state index contributed by atoms with van der Waals surface area (Å²) in [4.78, 5) is 24.9. The van der Waals surface area contributed by atoms with Crippen molar-refractivity contribution in [3.05, 3.63) is 51.1 Å². The van der Waals surface area contributed by atoms with Gasteiger partial charge in [0.05, 0.1) is 0 Å². The molecular formula is C17H19BrN2O3S. The Morgan fingerprint density at radius 2 is 2.08 bits per heavy atom. The molecular weight excluding hydrogens is 392 g/mol. The third-order valence-electron chi connectivity index (χ3n) is 3.21. The second-order valence-electron chi connectivity index (χ2n) is 5.19. The zero-order valence-electron chi connectivity index (χ0n) is 13.3. The molecule has 7 heteroatoms. The predicted molar refractivity (Wildman–Crippen MR) is 97.8 cm³/mol. The van der Waals surface area contributed by atoms with Gasteiger partial charge in [-0.3, -0.25) is 20.4 Å². The monoisotopic (exact) mass is 410 g/mol. The number of thiophene rings is 1. The molecule has 0 aliphatic rings. The molecule has 0 unspecified atom stereocenters. The van der Waals surface area contributed by atoms with Crippen molar-refractivity contribution in [1.82, 2.24) is 10.9 Å². The lowest BCUT2D eigenvalue weighted by Gasteiger charge is -2.15. The summed E-state index contributed by atoms with van der Waals surface area (Å²) >= 11 is 5.02. The molecule has 0 bridgehead atoms. The molecule has 1 aromatic carbocycles. The van der Waals surface area contributed by atoms with Gasteiger partial charge in [-0.25, -0.2) is 0 Å². The molecule has 24 heavy (non-hydrogen) atoms. The number of hydrogen-bond acceptors (Lipinski definition) is 4. The maximum atomic E-state index is 11.9. The van der Waals surface area contributed by atoms with Crippen LogP contribution < -0.4 is 15.6 Å². The topological polar surface area (TPSA) is 67.4 Å². The van der Waals surface area contributed by atoms with Crippen LogP contribution in [0.3, 0.4) is 0 Å². The lowest BCUT2D eigenvalue weighted by atomic mass is 10.2. The molecule has 0 spiro atoms. The summed E-state index contributed by atoms with van der Waals surface area (Å²) in [7, 11) is 0. The van der Waals surface area contributed by atoms with E-state index in [0.29, 0.717) is 12.2 Å². The van der Waals surface area contributed by atoms with Gasteiger partial charge >= 0.3 is 0 Å². The van der Waals surface area contributed by atoms with Gasteiger partial charge in [-0.2, -0.15) is 0 Å². The first-order valence-electron chi connectivity index (χ1n) is 7.58. The average Bonchev–Trinajstić information content (AvgIpc) is 3.06. The second-order valence-corrected chi connectivity index (χ2v) is 7.14. The molecule has 0 aliphatic carbocycles. The third-order valence-corrected chi connectivity index (χ3v) is 4.64. The second kappa shape index (κ2) is 9.44. The number of nitrogens with one attached hydrogen (secondary N) is 2. The van der Waals surface area contributed by atoms with Crippen LogP contribution in [0.1, 0.15) is 24.6 Å². The normalized spacial score (nSPS) is 11.6. The molecule has 1 atom stereocenters. The number of rotatable bonds is 7. The number of halogens is 1. The van der Waals surface area contributed by atoms with Crippen molar-refractivity contribution in [3.63, 3.8) is 0 Å². The fourth-order valence-electron chi connectivity index (χ4n) is 1.97. The van der Waals surface area contributed by atoms with E-state index in [0.717, 1.165) is 17.3 Å². The van der Waals surface area contributed by atoms with E-state index in [4.69, 9.17) is 4.74 Å². The number of carbonyl (C=O) groups is 2. The van der Waals surface area contributed by atoms with E-state index in [2.05, 4.69) is 26.8 Å². The number of hydrazine groups is 1. The molecule has 0 fully saturated rings. The highest BCUT2D eigenvalue weighted by Crippen LogP contribution is 2.18. The highest BCUT2D eigenvalue weighted by atomic mass is 79.9. The van der Waals surface area contributed by atoms with Crippen LogP contribution in [-0.2, 0) is 16.0 Å². The number of hydrogen-bond donors (Lipinski definition) is 2. The van der Waals surface area contributed by atoms with E-state index in [-0.39, 0.29) is 5.91 Å². The van der Waals surface area contributed by atoms with Crippen LogP contribution in [-0.4, -0.2) is 17.9 Å². The number of carbonyl (C=O) groups excluding carboxylic acids is 2. The molecule has 0 saturated carbocycles. The summed E-state index contributed by atoms with van der Waals surface area (Å²) in [5.41, 5.74) is 4.80. The smallest absolute Gasteiger partial charge is 0.279 e. The molecule has 2 N–H and O–H groups in total. The summed E-state index contributed by atoms with van der Waals surface area (Å²) in [5.74, 6) is -0.0366. The summed E-state index contributed by atoms with van der Waals surface area (Å²) in [5, 5.41) is 2.02. The molecule has 128 valence electrons. The van der Waals surface area contributed by atoms with Gasteiger partial charge < -0.3 is 4.74 Å². The Bertz CT molecular complexity index is 676. The Morgan fingerprint density at radius 3 is 2.79 bits per heavy atom. The Hall–Kier alpha value is -1.86. The standard InChI is InChI=1S/C17H19BrN2O3S/c1-12(23-14-6-2-5-13(18)11-14)17(22)20-19-16(21)9-3-7-15-8-4-10-24-15/h2,4-6,8,10-12H,3,7,9H2,1H3,(H,19,21)(H,20,22)/t12-/m0/s1. The molecule has 2 rings (SSSR count). The first-order chi connectivity index (χ1) is 11.5. The summed E-state index contributed by atoms with van der Waals surface area (Å²) in [6, 6.07) is 11.3. The van der Waals surface area contributed by atoms with E-state index in [1.807, 2.05) is 29.6 Å². The highest BCUT2D eigenvalue weighted by molar-refractivity contribution is 9.10. The maximum Gasteiger partial charge on any atom is 0.279 e. The van der Waals surface area contributed by atoms with Crippen LogP contribution in [0, 0.1) is 0 Å². The molecule has 5 nitrogen and oxygen atoms in total. The van der Waals surface area contributed by atoms with Gasteiger partial charge in [-0.05, 0) is 49.4 Å². The Kier molecular flexibility index (Phi) is 7.27. The Morgan fingerprint density at radius 1 is 1.25 bits per heavy atom. The van der Waals surface area contributed by atoms with Crippen molar-refractivity contribution in [1.29, 1.82) is 0 Å². The lowest BCUT2D eigenvalue weighted by molar-refractivity contribution is -0.132. The minimum atomic E-state index is -0.717. The first kappa shape index (κ1) is 18.5. The van der Waals surface area contributed by atoms with Crippen molar-refractivity contribution in [2.24, 2.45) is 0 Å². The molecule has 2 amide bonds. The highest BCUT2D eigenvalue weighted by Gasteiger charge is 2.15. The van der Waals surface area contributed by atoms with Crippen LogP contribution in [0.2, 0.25) is 0 Å². The quantitative estimate of drug-likeness (QED) is 0.686. The number of amides is 2. The maximum absolute atomic E-state index is 11.9. The van der Waals surface area contributed by atoms with Gasteiger partial charge in [0.2, 0.25) is 5.91 Å². The average molecular weight is 411 g/mol. The van der Waals surface area contributed by atoms with Crippen LogP contribution >= 0.6 is 27.3 Å². The first-order valence-corrected chi connectivity index (χ1v) is 9.25. The van der Waals surface area contributed by atoms with E-state index >= 15 is 0 Å². The number of ether oxygens (including phenoxy) is 1. The van der Waals surface area contributed by atoms with E-state index < -0.39 is 12.0 Å². The van der Waals surface area contributed by atoms with E-state index in [1.54, 1.807) is 30.4 Å². The molecule has 1 heterocycles. The van der Waals surface area contributed by atoms with Gasteiger partial charge in [-0.1, -0.05) is 28.1 Å². The molecule has 0 radical (unpaired) electrons. The van der Waals surface area contributed by atoms with Crippen LogP contribution in [0.5, 0.6) is 5.75 Å². The van der Waals surface area contributed by atoms with Gasteiger partial charge in [0.1, 0.15) is 5.75 Å². The minimum Gasteiger partial charge on any atom is -0.481 e. The van der Waals surface area contributed by atoms with Crippen molar-refractivity contribution in [3.8, 4) is 5.75 Å². The Balaban J connectivity index is 1.66. The van der Waals surface area contributed by atoms with Crippen LogP contribution in [0.15, 0.2) is 46.3 Å². The molecule has 2 aromatic rings. The summed E-state index contributed by atoms with van der Waals surface area (Å²) in [6.45, 7) is 1.62. The fraction of sp³-hybridized carbons (Fsp3) is 0.294. The third kappa shape index (κ3) is 6.33. The summed E-state index contributed by atoms with van der Waals surface area (Å²) in [6.07, 6.45) is 1.25. The van der Waals surface area contributed by atoms with Crippen molar-refractivity contribution < 1.29 is 14.3 Å². The zero-order valence-corrected chi connectivity index (χ0v) is 15.7. The lowest BCUT2D eigenvalue weighted by Crippen LogP contribution is -2.47. The number of aryl methyl sites for hydroxylation is 1. The number of benzene rings is 1. The van der Waals surface area contributed by atoms with Gasteiger partial charge in [0.25, 0.3) is 5.91 Å². The van der Waals surface area contributed by atoms with Crippen molar-refractivity contribution in [2.45, 2.75) is 32.3 Å². The zero-order chi connectivity index (χ0) is 17.4. The fourth-order valence-corrected chi connectivity index (χ4v) is 3.10. The minimum absolute atomic E-state index is 0.213. The SMILES string of the molecule is C[C@H](Oc1cccc(Br)c1)C(=O)NNC(=O)CCCc1cccs1. The van der Waals surface area contributed by atoms with Gasteiger partial charge in [-0.15, -0.1) is 11.3 Å². The summed E-state index contributed by atoms with van der Waals surface area (Å²) < 4.78 is 6.39. The molecule has 1 aromatic heterocycles. The Labute approximate surface area is 153 Å². The van der Waals surface area contributed by atoms with Gasteiger partial charge in [0, 0.05) is 15.8 Å². The predicted octanol–water partition coefficient (Wildman–Crippen LogP) is 3.45. The molecule has 0 aliphatic heterocycles. The van der Waals surface area contributed by atoms with Gasteiger partial charge in [0.15, 0.2) is 6.10 Å². The van der Waals surface area contributed by atoms with Crippen LogP contribution in [0.4, 0.5) is 0 Å². The largest absolute Gasteiger partial charge is 0.481 e. The van der Waals surface area contributed by atoms with Crippen LogP contribution in [0.25, 0.3) is 0 Å². The van der Waals surface area contributed by atoms with E-state index in [9.17, 15) is 9.59 Å². The van der Waals surface area contributed by atoms with Crippen molar-refractivity contribution >= 4 is 39.1 Å². The molecule has 0 saturated heterocycles.